The Bertz CT molecular complexity index is 1040. The van der Waals surface area contributed by atoms with Gasteiger partial charge in [0, 0.05) is 13.8 Å². The summed E-state index contributed by atoms with van der Waals surface area (Å²) in [4.78, 5) is 23.2. The van der Waals surface area contributed by atoms with E-state index >= 15 is 0 Å². The molecule has 3 aromatic carbocycles. The topological polar surface area (TPSA) is 76.7 Å². The summed E-state index contributed by atoms with van der Waals surface area (Å²) < 4.78 is 12.5. The van der Waals surface area contributed by atoms with Gasteiger partial charge in [0.25, 0.3) is 0 Å². The zero-order chi connectivity index (χ0) is 21.6. The van der Waals surface area contributed by atoms with Crippen LogP contribution in [-0.2, 0) is 21.4 Å². The second-order valence-electron chi connectivity index (χ2n) is 6.37. The maximum atomic E-state index is 11.6. The molecule has 154 valence electrons. The van der Waals surface area contributed by atoms with Crippen molar-refractivity contribution in [2.24, 2.45) is 0 Å². The van der Waals surface area contributed by atoms with Crippen molar-refractivity contribution in [1.29, 1.82) is 0 Å². The summed E-state index contributed by atoms with van der Waals surface area (Å²) in [7, 11) is 0. The van der Waals surface area contributed by atoms with E-state index in [1.165, 1.54) is 13.8 Å². The molecule has 8 heteroatoms. The van der Waals surface area contributed by atoms with Crippen LogP contribution in [0.15, 0.2) is 78.9 Å². The molecule has 0 aliphatic rings. The number of carbonyl (C=O) groups is 2. The molecule has 0 aliphatic carbocycles. The number of benzene rings is 3. The van der Waals surface area contributed by atoms with E-state index < -0.39 is 6.49 Å². The highest BCUT2D eigenvalue weighted by molar-refractivity contribution is 8.13. The predicted octanol–water partition coefficient (Wildman–Crippen LogP) is 4.70. The van der Waals surface area contributed by atoms with Gasteiger partial charge in [-0.05, 0) is 48.2 Å². The lowest BCUT2D eigenvalue weighted by molar-refractivity contribution is -0.115. The van der Waals surface area contributed by atoms with Crippen LogP contribution < -0.4 is 25.0 Å². The Kier molecular flexibility index (Phi) is 6.87. The number of para-hydroxylation sites is 4. The number of rotatable bonds is 7. The third-order valence-corrected chi connectivity index (χ3v) is 6.79. The molecular weight excluding hydrogens is 419 g/mol. The Balaban J connectivity index is 2.04. The van der Waals surface area contributed by atoms with Gasteiger partial charge in [-0.25, -0.2) is 0 Å². The second kappa shape index (κ2) is 9.57. The summed E-state index contributed by atoms with van der Waals surface area (Å²) >= 11 is 5.92. The molecule has 2 amide bonds. The zero-order valence-corrected chi connectivity index (χ0v) is 18.2. The van der Waals surface area contributed by atoms with Gasteiger partial charge in [-0.1, -0.05) is 42.5 Å². The van der Waals surface area contributed by atoms with Crippen molar-refractivity contribution in [2.45, 2.75) is 13.8 Å². The van der Waals surface area contributed by atoms with Crippen molar-refractivity contribution in [3.8, 4) is 11.5 Å². The first-order valence-corrected chi connectivity index (χ1v) is 11.8. The lowest BCUT2D eigenvalue weighted by Crippen LogP contribution is -2.16. The Morgan fingerprint density at radius 2 is 1.10 bits per heavy atom. The van der Waals surface area contributed by atoms with Gasteiger partial charge in [0.15, 0.2) is 11.5 Å². The lowest BCUT2D eigenvalue weighted by Gasteiger charge is -2.26. The Hall–Kier alpha value is -3.15. The van der Waals surface area contributed by atoms with Crippen molar-refractivity contribution in [3.63, 3.8) is 0 Å². The first-order valence-electron chi connectivity index (χ1n) is 9.15. The van der Waals surface area contributed by atoms with Gasteiger partial charge in [0.05, 0.1) is 16.7 Å². The van der Waals surface area contributed by atoms with Gasteiger partial charge >= 0.3 is 6.49 Å². The first-order chi connectivity index (χ1) is 14.4. The van der Waals surface area contributed by atoms with Crippen LogP contribution in [0.2, 0.25) is 0 Å². The molecule has 6 nitrogen and oxygen atoms in total. The van der Waals surface area contributed by atoms with Crippen molar-refractivity contribution in [1.82, 2.24) is 0 Å². The molecule has 0 aliphatic heterocycles. The molecule has 0 bridgehead atoms. The van der Waals surface area contributed by atoms with E-state index in [2.05, 4.69) is 10.6 Å². The molecule has 0 spiro atoms. The minimum atomic E-state index is -3.13. The molecule has 2 N–H and O–H groups in total. The fourth-order valence-corrected chi connectivity index (χ4v) is 5.14. The van der Waals surface area contributed by atoms with Crippen LogP contribution in [0, 0.1) is 0 Å². The smallest absolute Gasteiger partial charge is 0.319 e. The highest BCUT2D eigenvalue weighted by Crippen LogP contribution is 2.50. The van der Waals surface area contributed by atoms with Crippen LogP contribution in [0.5, 0.6) is 11.5 Å². The van der Waals surface area contributed by atoms with Crippen molar-refractivity contribution < 1.29 is 18.6 Å². The maximum Gasteiger partial charge on any atom is 0.319 e. The fraction of sp³-hybridized carbons (Fsp3) is 0.0909. The van der Waals surface area contributed by atoms with Crippen LogP contribution in [0.4, 0.5) is 11.4 Å². The highest BCUT2D eigenvalue weighted by Gasteiger charge is 2.28. The van der Waals surface area contributed by atoms with Gasteiger partial charge < -0.3 is 19.7 Å². The number of hydrogen-bond donors (Lipinski definition) is 2. The third kappa shape index (κ3) is 5.47. The molecule has 3 rings (SSSR count). The van der Waals surface area contributed by atoms with Gasteiger partial charge in [-0.15, -0.1) is 0 Å². The second-order valence-corrected chi connectivity index (χ2v) is 9.69. The molecule has 0 heterocycles. The van der Waals surface area contributed by atoms with Gasteiger partial charge in [0.2, 0.25) is 11.8 Å². The van der Waals surface area contributed by atoms with E-state index in [9.17, 15) is 9.59 Å². The average molecular weight is 440 g/mol. The van der Waals surface area contributed by atoms with Gasteiger partial charge in [-0.2, -0.15) is 0 Å². The Morgan fingerprint density at radius 3 is 1.53 bits per heavy atom. The van der Waals surface area contributed by atoms with E-state index in [-0.39, 0.29) is 11.8 Å². The molecular formula is C22H21N2O4PS. The molecule has 0 unspecified atom stereocenters. The summed E-state index contributed by atoms with van der Waals surface area (Å²) in [6.07, 6.45) is 0. The number of amides is 2. The number of anilines is 2. The SMILES string of the molecule is CC(=O)Nc1ccccc1OP(=S)(Oc1ccccc1NC(C)=O)c1ccccc1. The highest BCUT2D eigenvalue weighted by atomic mass is 32.5. The minimum absolute atomic E-state index is 0.226. The summed E-state index contributed by atoms with van der Waals surface area (Å²) in [5.74, 6) is 0.348. The van der Waals surface area contributed by atoms with Crippen molar-refractivity contribution >= 4 is 46.8 Å². The standard InChI is InChI=1S/C22H21N2O4PS/c1-16(25)23-19-12-6-8-14-21(19)27-29(30,18-10-4-3-5-11-18)28-22-15-9-7-13-20(22)24-17(2)26/h3-15H,1-2H3,(H,23,25)(H,24,26). The normalized spacial score (nSPS) is 10.7. The summed E-state index contributed by atoms with van der Waals surface area (Å²) in [5, 5.41) is 6.18. The molecule has 0 atom stereocenters. The van der Waals surface area contributed by atoms with Crippen LogP contribution >= 0.6 is 6.49 Å². The average Bonchev–Trinajstić information content (AvgIpc) is 2.71. The third-order valence-electron chi connectivity index (χ3n) is 3.90. The van der Waals surface area contributed by atoms with E-state index in [1.54, 1.807) is 48.5 Å². The monoisotopic (exact) mass is 440 g/mol. The minimum Gasteiger partial charge on any atom is -0.430 e. The molecule has 0 radical (unpaired) electrons. The van der Waals surface area contributed by atoms with E-state index in [0.717, 1.165) is 0 Å². The van der Waals surface area contributed by atoms with Crippen molar-refractivity contribution in [2.75, 3.05) is 10.6 Å². The first kappa shape index (κ1) is 21.6. The Morgan fingerprint density at radius 1 is 0.700 bits per heavy atom. The molecule has 0 saturated heterocycles. The summed E-state index contributed by atoms with van der Waals surface area (Å²) in [5.41, 5.74) is 0.989. The summed E-state index contributed by atoms with van der Waals surface area (Å²) in [6, 6.07) is 23.3. The molecule has 0 aromatic heterocycles. The van der Waals surface area contributed by atoms with Gasteiger partial charge in [0.1, 0.15) is 0 Å². The predicted molar refractivity (Wildman–Crippen MR) is 123 cm³/mol. The van der Waals surface area contributed by atoms with Crippen LogP contribution in [-0.4, -0.2) is 11.8 Å². The van der Waals surface area contributed by atoms with Crippen LogP contribution in [0.3, 0.4) is 0 Å². The molecule has 0 fully saturated rings. The summed E-state index contributed by atoms with van der Waals surface area (Å²) in [6.45, 7) is -0.284. The van der Waals surface area contributed by atoms with Crippen LogP contribution in [0.25, 0.3) is 0 Å². The molecule has 3 aromatic rings. The van der Waals surface area contributed by atoms with Gasteiger partial charge in [-0.3, -0.25) is 9.59 Å². The fourth-order valence-electron chi connectivity index (χ4n) is 2.67. The van der Waals surface area contributed by atoms with Crippen molar-refractivity contribution in [3.05, 3.63) is 78.9 Å². The van der Waals surface area contributed by atoms with E-state index in [4.69, 9.17) is 20.9 Å². The number of hydrogen-bond acceptors (Lipinski definition) is 5. The largest absolute Gasteiger partial charge is 0.430 e. The quantitative estimate of drug-likeness (QED) is 0.521. The molecule has 0 saturated carbocycles. The van der Waals surface area contributed by atoms with E-state index in [0.29, 0.717) is 28.2 Å². The zero-order valence-electron chi connectivity index (χ0n) is 16.5. The molecule has 30 heavy (non-hydrogen) atoms. The number of nitrogens with one attached hydrogen (secondary N) is 2. The Labute approximate surface area is 180 Å². The lowest BCUT2D eigenvalue weighted by atomic mass is 10.3. The number of carbonyl (C=O) groups excluding carboxylic acids is 2. The maximum absolute atomic E-state index is 11.6. The van der Waals surface area contributed by atoms with E-state index in [1.807, 2.05) is 30.3 Å². The van der Waals surface area contributed by atoms with Crippen LogP contribution in [0.1, 0.15) is 13.8 Å².